The molecule has 0 aromatic heterocycles. The molecule has 2 aromatic carbocycles. The van der Waals surface area contributed by atoms with Gasteiger partial charge in [0.15, 0.2) is 0 Å². The normalized spacial score (nSPS) is 15.0. The maximum atomic E-state index is 15.4. The molecule has 25 heavy (non-hydrogen) atoms. The van der Waals surface area contributed by atoms with Crippen molar-refractivity contribution in [2.45, 2.75) is 17.8 Å². The fourth-order valence-corrected chi connectivity index (χ4v) is 2.25. The molecule has 0 heterocycles. The van der Waals surface area contributed by atoms with Crippen LogP contribution >= 0.6 is 0 Å². The fourth-order valence-electron chi connectivity index (χ4n) is 2.25. The number of anilines is 2. The molecule has 1 atom stereocenters. The molecule has 1 unspecified atom stereocenters. The third-order valence-electron chi connectivity index (χ3n) is 3.64. The highest BCUT2D eigenvalue weighted by Crippen LogP contribution is 2.55. The highest BCUT2D eigenvalue weighted by atomic mass is 19.4. The van der Waals surface area contributed by atoms with Crippen molar-refractivity contribution in [1.82, 2.24) is 0 Å². The Bertz CT molecular complexity index is 756. The molecule has 136 valence electrons. The van der Waals surface area contributed by atoms with E-state index in [-0.39, 0.29) is 5.69 Å². The number of alkyl halides is 6. The summed E-state index contributed by atoms with van der Waals surface area (Å²) in [5.41, 5.74) is 2.84. The van der Waals surface area contributed by atoms with E-state index in [0.29, 0.717) is 30.3 Å². The number of hydrogen-bond donors (Lipinski definition) is 4. The average Bonchev–Trinajstić information content (AvgIpc) is 2.50. The Morgan fingerprint density at radius 3 is 1.68 bits per heavy atom. The molecule has 10 heteroatoms. The molecule has 0 bridgehead atoms. The maximum Gasteiger partial charge on any atom is 0.457 e. The Morgan fingerprint density at radius 1 is 0.680 bits per heavy atom. The van der Waals surface area contributed by atoms with Gasteiger partial charge in [-0.05, 0) is 24.3 Å². The van der Waals surface area contributed by atoms with E-state index in [4.69, 9.17) is 11.5 Å². The Morgan fingerprint density at radius 2 is 1.20 bits per heavy atom. The van der Waals surface area contributed by atoms with Crippen LogP contribution in [0.25, 0.3) is 0 Å². The van der Waals surface area contributed by atoms with Gasteiger partial charge in [0.05, 0.1) is 11.4 Å². The van der Waals surface area contributed by atoms with Crippen LogP contribution in [0.1, 0.15) is 11.1 Å². The van der Waals surface area contributed by atoms with E-state index in [1.807, 2.05) is 0 Å². The molecule has 0 aliphatic heterocycles. The lowest BCUT2D eigenvalue weighted by atomic mass is 9.81. The molecular formula is C15H12F6N2O2. The first-order chi connectivity index (χ1) is 11.3. The van der Waals surface area contributed by atoms with Gasteiger partial charge < -0.3 is 21.7 Å². The molecule has 0 amide bonds. The molecule has 6 N–H and O–H groups in total. The molecule has 0 radical (unpaired) electrons. The van der Waals surface area contributed by atoms with Gasteiger partial charge in [-0.2, -0.15) is 22.0 Å². The van der Waals surface area contributed by atoms with Crippen LogP contribution in [0.15, 0.2) is 36.4 Å². The summed E-state index contributed by atoms with van der Waals surface area (Å²) in [5.74, 6) is -7.38. The molecule has 2 aromatic rings. The Balaban J connectivity index is 2.83. The number of benzene rings is 2. The van der Waals surface area contributed by atoms with Crippen molar-refractivity contribution in [3.63, 3.8) is 0 Å². The average molecular weight is 366 g/mol. The zero-order valence-corrected chi connectivity index (χ0v) is 12.3. The molecule has 2 rings (SSSR count). The predicted octanol–water partition coefficient (Wildman–Crippen LogP) is 3.67. The largest absolute Gasteiger partial charge is 0.506 e. The van der Waals surface area contributed by atoms with Gasteiger partial charge in [-0.1, -0.05) is 12.1 Å². The summed E-state index contributed by atoms with van der Waals surface area (Å²) >= 11 is 0. The van der Waals surface area contributed by atoms with E-state index in [1.165, 1.54) is 0 Å². The quantitative estimate of drug-likeness (QED) is 0.379. The molecule has 0 aliphatic carbocycles. The van der Waals surface area contributed by atoms with E-state index in [2.05, 4.69) is 0 Å². The zero-order valence-electron chi connectivity index (χ0n) is 12.3. The van der Waals surface area contributed by atoms with Crippen molar-refractivity contribution in [1.29, 1.82) is 0 Å². The highest BCUT2D eigenvalue weighted by Gasteiger charge is 2.72. The predicted molar refractivity (Wildman–Crippen MR) is 77.9 cm³/mol. The lowest BCUT2D eigenvalue weighted by Crippen LogP contribution is -2.53. The second-order valence-electron chi connectivity index (χ2n) is 5.28. The second-order valence-corrected chi connectivity index (χ2v) is 5.28. The summed E-state index contributed by atoms with van der Waals surface area (Å²) in [6.45, 7) is 0. The fraction of sp³-hybridized carbons (Fsp3) is 0.200. The highest BCUT2D eigenvalue weighted by molar-refractivity contribution is 5.59. The third-order valence-corrected chi connectivity index (χ3v) is 3.64. The van der Waals surface area contributed by atoms with Crippen LogP contribution < -0.4 is 11.5 Å². The van der Waals surface area contributed by atoms with E-state index >= 15 is 4.39 Å². The first kappa shape index (κ1) is 18.6. The van der Waals surface area contributed by atoms with Crippen LogP contribution in [0.3, 0.4) is 0 Å². The van der Waals surface area contributed by atoms with Gasteiger partial charge in [0.1, 0.15) is 11.5 Å². The topological polar surface area (TPSA) is 92.5 Å². The smallest absolute Gasteiger partial charge is 0.457 e. The minimum Gasteiger partial charge on any atom is -0.506 e. The lowest BCUT2D eigenvalue weighted by Gasteiger charge is -2.35. The summed E-state index contributed by atoms with van der Waals surface area (Å²) in [6.07, 6.45) is -6.26. The third kappa shape index (κ3) is 2.77. The van der Waals surface area contributed by atoms with Crippen molar-refractivity contribution >= 4 is 11.4 Å². The first-order valence-corrected chi connectivity index (χ1v) is 6.63. The number of rotatable bonds is 3. The van der Waals surface area contributed by atoms with Crippen molar-refractivity contribution in [2.24, 2.45) is 0 Å². The van der Waals surface area contributed by atoms with Crippen molar-refractivity contribution in [3.05, 3.63) is 47.5 Å². The number of phenols is 2. The Hall–Kier alpha value is -2.78. The van der Waals surface area contributed by atoms with E-state index < -0.39 is 46.1 Å². The molecular weight excluding hydrogens is 354 g/mol. The van der Waals surface area contributed by atoms with Crippen molar-refractivity contribution in [3.8, 4) is 11.5 Å². The molecule has 0 aliphatic rings. The van der Waals surface area contributed by atoms with E-state index in [0.717, 1.165) is 6.07 Å². The van der Waals surface area contributed by atoms with Gasteiger partial charge in [-0.3, -0.25) is 0 Å². The van der Waals surface area contributed by atoms with Gasteiger partial charge in [0.2, 0.25) is 5.67 Å². The number of aromatic hydroxyl groups is 2. The number of halogens is 6. The Labute approximate surface area is 137 Å². The standard InChI is InChI=1S/C15H12F6N2O2/c16-13(14(17,18)15(19,20)21,7-2-4-11(24)10(23)5-7)8-1-3-9(22)12(25)6-8/h1-6,24-25H,22-23H2. The maximum absolute atomic E-state index is 15.4. The minimum atomic E-state index is -6.26. The SMILES string of the molecule is Nc1cc(C(F)(c2ccc(N)c(O)c2)C(F)(F)C(F)(F)F)ccc1O. The summed E-state index contributed by atoms with van der Waals surface area (Å²) < 4.78 is 82.3. The molecule has 0 saturated carbocycles. The molecule has 4 nitrogen and oxygen atoms in total. The molecule has 0 spiro atoms. The lowest BCUT2D eigenvalue weighted by molar-refractivity contribution is -0.323. The number of hydrogen-bond acceptors (Lipinski definition) is 4. The second kappa shape index (κ2) is 5.64. The zero-order chi connectivity index (χ0) is 19.2. The summed E-state index contributed by atoms with van der Waals surface area (Å²) in [6, 6.07) is 3.44. The van der Waals surface area contributed by atoms with Crippen LogP contribution in [0.5, 0.6) is 11.5 Å². The van der Waals surface area contributed by atoms with Crippen LogP contribution in [-0.2, 0) is 5.67 Å². The van der Waals surface area contributed by atoms with Gasteiger partial charge in [0.25, 0.3) is 0 Å². The van der Waals surface area contributed by atoms with Gasteiger partial charge in [0, 0.05) is 11.1 Å². The van der Waals surface area contributed by atoms with Crippen LogP contribution in [0.4, 0.5) is 37.7 Å². The van der Waals surface area contributed by atoms with Crippen LogP contribution in [-0.4, -0.2) is 22.3 Å². The van der Waals surface area contributed by atoms with Gasteiger partial charge in [-0.15, -0.1) is 0 Å². The van der Waals surface area contributed by atoms with Crippen molar-refractivity contribution < 1.29 is 36.6 Å². The van der Waals surface area contributed by atoms with Crippen LogP contribution in [0.2, 0.25) is 0 Å². The molecule has 0 saturated heterocycles. The monoisotopic (exact) mass is 366 g/mol. The van der Waals surface area contributed by atoms with Gasteiger partial charge >= 0.3 is 12.1 Å². The number of nitrogen functional groups attached to an aromatic ring is 2. The Kier molecular flexibility index (Phi) is 4.19. The van der Waals surface area contributed by atoms with E-state index in [1.54, 1.807) is 0 Å². The number of nitrogens with two attached hydrogens (primary N) is 2. The minimum absolute atomic E-state index is 0.341. The first-order valence-electron chi connectivity index (χ1n) is 6.63. The molecule has 0 fully saturated rings. The summed E-state index contributed by atoms with van der Waals surface area (Å²) in [5, 5.41) is 18.8. The summed E-state index contributed by atoms with van der Waals surface area (Å²) in [4.78, 5) is 0. The summed E-state index contributed by atoms with van der Waals surface area (Å²) in [7, 11) is 0. The van der Waals surface area contributed by atoms with E-state index in [9.17, 15) is 32.2 Å². The van der Waals surface area contributed by atoms with Crippen LogP contribution in [0, 0.1) is 0 Å². The van der Waals surface area contributed by atoms with Crippen molar-refractivity contribution in [2.75, 3.05) is 11.5 Å². The van der Waals surface area contributed by atoms with Gasteiger partial charge in [-0.25, -0.2) is 4.39 Å². The number of phenolic OH excluding ortho intramolecular Hbond substituents is 2.